The lowest BCUT2D eigenvalue weighted by molar-refractivity contribution is 0.0627. The van der Waals surface area contributed by atoms with Gasteiger partial charge in [-0.2, -0.15) is 0 Å². The summed E-state index contributed by atoms with van der Waals surface area (Å²) in [4.78, 5) is 0. The first-order valence-electron chi connectivity index (χ1n) is 4.35. The van der Waals surface area contributed by atoms with Crippen LogP contribution in [-0.4, -0.2) is 5.11 Å². The molecule has 72 valence electrons. The Labute approximate surface area is 84.4 Å². The zero-order valence-corrected chi connectivity index (χ0v) is 8.97. The van der Waals surface area contributed by atoms with Gasteiger partial charge in [0.15, 0.2) is 0 Å². The van der Waals surface area contributed by atoms with Gasteiger partial charge >= 0.3 is 0 Å². The molecular weight excluding hydrogens is 184 g/mol. The van der Waals surface area contributed by atoms with E-state index < -0.39 is 6.10 Å². The molecule has 1 nitrogen and oxygen atoms in total. The van der Waals surface area contributed by atoms with Crippen LogP contribution in [0.4, 0.5) is 0 Å². The molecule has 0 heterocycles. The standard InChI is InChI=1S/C11H15ClO/c1-11(2,3)10(13)8-4-6-9(12)7-5-8/h4-7,10,13H,1-3H3/t10-/m1/s1. The van der Waals surface area contributed by atoms with Gasteiger partial charge in [0.2, 0.25) is 0 Å². The second-order valence-corrected chi connectivity index (χ2v) is 4.76. The quantitative estimate of drug-likeness (QED) is 0.733. The molecule has 1 aromatic rings. The topological polar surface area (TPSA) is 20.2 Å². The molecule has 0 radical (unpaired) electrons. The summed E-state index contributed by atoms with van der Waals surface area (Å²) in [5.74, 6) is 0. The largest absolute Gasteiger partial charge is 0.388 e. The molecule has 0 aliphatic heterocycles. The lowest BCUT2D eigenvalue weighted by atomic mass is 9.85. The van der Waals surface area contributed by atoms with Gasteiger partial charge in [-0.05, 0) is 23.1 Å². The van der Waals surface area contributed by atoms with E-state index in [-0.39, 0.29) is 5.41 Å². The van der Waals surface area contributed by atoms with E-state index >= 15 is 0 Å². The van der Waals surface area contributed by atoms with Crippen molar-refractivity contribution in [1.82, 2.24) is 0 Å². The second-order valence-electron chi connectivity index (χ2n) is 4.32. The fraction of sp³-hybridized carbons (Fsp3) is 0.455. The number of hydrogen-bond donors (Lipinski definition) is 1. The number of halogens is 1. The summed E-state index contributed by atoms with van der Waals surface area (Å²) in [5.41, 5.74) is 0.783. The van der Waals surface area contributed by atoms with Crippen LogP contribution < -0.4 is 0 Å². The van der Waals surface area contributed by atoms with Crippen LogP contribution in [0.25, 0.3) is 0 Å². The third-order valence-corrected chi connectivity index (χ3v) is 2.26. The molecule has 13 heavy (non-hydrogen) atoms. The second kappa shape index (κ2) is 3.69. The van der Waals surface area contributed by atoms with Crippen molar-refractivity contribution in [2.24, 2.45) is 5.41 Å². The molecule has 0 aliphatic carbocycles. The van der Waals surface area contributed by atoms with E-state index in [0.717, 1.165) is 5.56 Å². The third-order valence-electron chi connectivity index (χ3n) is 2.01. The number of aliphatic hydroxyl groups excluding tert-OH is 1. The van der Waals surface area contributed by atoms with Gasteiger partial charge in [-0.3, -0.25) is 0 Å². The minimum Gasteiger partial charge on any atom is -0.388 e. The SMILES string of the molecule is CC(C)(C)[C@H](O)c1ccc(Cl)cc1. The summed E-state index contributed by atoms with van der Waals surface area (Å²) in [7, 11) is 0. The van der Waals surface area contributed by atoms with Gasteiger partial charge in [0.1, 0.15) is 0 Å². The maximum Gasteiger partial charge on any atom is 0.0838 e. The number of aliphatic hydroxyl groups is 1. The Bertz CT molecular complexity index is 271. The fourth-order valence-electron chi connectivity index (χ4n) is 1.15. The van der Waals surface area contributed by atoms with Crippen LogP contribution in [0.5, 0.6) is 0 Å². The van der Waals surface area contributed by atoms with Gasteiger partial charge in [0, 0.05) is 5.02 Å². The molecule has 1 N–H and O–H groups in total. The molecule has 0 bridgehead atoms. The summed E-state index contributed by atoms with van der Waals surface area (Å²) >= 11 is 5.75. The molecule has 2 heteroatoms. The Hall–Kier alpha value is -0.530. The van der Waals surface area contributed by atoms with Crippen LogP contribution in [0.1, 0.15) is 32.4 Å². The first-order valence-corrected chi connectivity index (χ1v) is 4.72. The van der Waals surface area contributed by atoms with E-state index in [9.17, 15) is 5.11 Å². The molecule has 0 amide bonds. The van der Waals surface area contributed by atoms with Crippen LogP contribution in [0.3, 0.4) is 0 Å². The van der Waals surface area contributed by atoms with E-state index in [0.29, 0.717) is 5.02 Å². The van der Waals surface area contributed by atoms with Gasteiger partial charge in [-0.1, -0.05) is 44.5 Å². The van der Waals surface area contributed by atoms with Gasteiger partial charge in [0.05, 0.1) is 6.10 Å². The van der Waals surface area contributed by atoms with Crippen LogP contribution >= 0.6 is 11.6 Å². The summed E-state index contributed by atoms with van der Waals surface area (Å²) in [6.45, 7) is 6.02. The molecular formula is C11H15ClO. The highest BCUT2D eigenvalue weighted by Crippen LogP contribution is 2.32. The van der Waals surface area contributed by atoms with Crippen molar-refractivity contribution in [2.45, 2.75) is 26.9 Å². The predicted molar refractivity (Wildman–Crippen MR) is 55.9 cm³/mol. The Morgan fingerprint density at radius 3 is 2.00 bits per heavy atom. The normalized spacial score (nSPS) is 14.2. The summed E-state index contributed by atoms with van der Waals surface area (Å²) < 4.78 is 0. The number of hydrogen-bond acceptors (Lipinski definition) is 1. The van der Waals surface area contributed by atoms with Crippen molar-refractivity contribution in [2.75, 3.05) is 0 Å². The lowest BCUT2D eigenvalue weighted by Gasteiger charge is -2.26. The molecule has 0 saturated carbocycles. The first kappa shape index (κ1) is 10.6. The van der Waals surface area contributed by atoms with Gasteiger partial charge in [-0.25, -0.2) is 0 Å². The molecule has 1 rings (SSSR count). The summed E-state index contributed by atoms with van der Waals surface area (Å²) in [5, 5.41) is 10.6. The van der Waals surface area contributed by atoms with E-state index in [4.69, 9.17) is 11.6 Å². The van der Waals surface area contributed by atoms with E-state index in [2.05, 4.69) is 0 Å². The Morgan fingerprint density at radius 1 is 1.15 bits per heavy atom. The maximum absolute atomic E-state index is 9.90. The first-order chi connectivity index (χ1) is 5.91. The highest BCUT2D eigenvalue weighted by atomic mass is 35.5. The van der Waals surface area contributed by atoms with Crippen molar-refractivity contribution < 1.29 is 5.11 Å². The molecule has 0 saturated heterocycles. The number of benzene rings is 1. The lowest BCUT2D eigenvalue weighted by Crippen LogP contribution is -2.17. The van der Waals surface area contributed by atoms with E-state index in [1.165, 1.54) is 0 Å². The maximum atomic E-state index is 9.90. The fourth-order valence-corrected chi connectivity index (χ4v) is 1.27. The molecule has 0 aromatic heterocycles. The van der Waals surface area contributed by atoms with E-state index in [1.807, 2.05) is 32.9 Å². The zero-order valence-electron chi connectivity index (χ0n) is 8.21. The minimum absolute atomic E-state index is 0.131. The van der Waals surface area contributed by atoms with Gasteiger partial charge in [0.25, 0.3) is 0 Å². The van der Waals surface area contributed by atoms with Crippen LogP contribution in [0.2, 0.25) is 5.02 Å². The number of rotatable bonds is 1. The van der Waals surface area contributed by atoms with Crippen LogP contribution in [0.15, 0.2) is 24.3 Å². The highest BCUT2D eigenvalue weighted by Gasteiger charge is 2.23. The van der Waals surface area contributed by atoms with Crippen molar-refractivity contribution in [1.29, 1.82) is 0 Å². The predicted octanol–water partition coefficient (Wildman–Crippen LogP) is 3.42. The smallest absolute Gasteiger partial charge is 0.0838 e. The average molecular weight is 199 g/mol. The van der Waals surface area contributed by atoms with Crippen LogP contribution in [0, 0.1) is 5.41 Å². The molecule has 0 aliphatic rings. The van der Waals surface area contributed by atoms with Crippen molar-refractivity contribution in [3.05, 3.63) is 34.9 Å². The van der Waals surface area contributed by atoms with Gasteiger partial charge in [-0.15, -0.1) is 0 Å². The molecule has 1 atom stereocenters. The van der Waals surface area contributed by atoms with Crippen molar-refractivity contribution in [3.63, 3.8) is 0 Å². The van der Waals surface area contributed by atoms with E-state index in [1.54, 1.807) is 12.1 Å². The van der Waals surface area contributed by atoms with Crippen molar-refractivity contribution >= 4 is 11.6 Å². The third kappa shape index (κ3) is 2.71. The average Bonchev–Trinajstić information content (AvgIpc) is 2.03. The molecule has 1 aromatic carbocycles. The molecule has 0 unspecified atom stereocenters. The Balaban J connectivity index is 2.90. The zero-order chi connectivity index (χ0) is 10.1. The summed E-state index contributed by atoms with van der Waals surface area (Å²) in [6, 6.07) is 7.31. The Morgan fingerprint density at radius 2 is 1.62 bits per heavy atom. The monoisotopic (exact) mass is 198 g/mol. The van der Waals surface area contributed by atoms with Crippen LogP contribution in [-0.2, 0) is 0 Å². The highest BCUT2D eigenvalue weighted by molar-refractivity contribution is 6.30. The molecule has 0 fully saturated rings. The Kier molecular flexibility index (Phi) is 2.99. The minimum atomic E-state index is -0.440. The van der Waals surface area contributed by atoms with Gasteiger partial charge < -0.3 is 5.11 Å². The van der Waals surface area contributed by atoms with Crippen molar-refractivity contribution in [3.8, 4) is 0 Å². The summed E-state index contributed by atoms with van der Waals surface area (Å²) in [6.07, 6.45) is -0.440. The molecule has 0 spiro atoms.